The van der Waals surface area contributed by atoms with Crippen molar-refractivity contribution in [2.75, 3.05) is 7.05 Å². The van der Waals surface area contributed by atoms with Gasteiger partial charge in [0, 0.05) is 30.2 Å². The molecule has 0 N–H and O–H groups in total. The van der Waals surface area contributed by atoms with Gasteiger partial charge in [-0.05, 0) is 75.5 Å². The second-order valence-corrected chi connectivity index (χ2v) is 7.83. The van der Waals surface area contributed by atoms with Crippen LogP contribution in [0.4, 0.5) is 0 Å². The van der Waals surface area contributed by atoms with Crippen LogP contribution in [0.2, 0.25) is 0 Å². The third kappa shape index (κ3) is 3.83. The van der Waals surface area contributed by atoms with Gasteiger partial charge in [-0.15, -0.1) is 0 Å². The van der Waals surface area contributed by atoms with E-state index in [0.717, 1.165) is 36.3 Å². The minimum atomic E-state index is 0.324. The maximum absolute atomic E-state index is 5.03. The summed E-state index contributed by atoms with van der Waals surface area (Å²) < 4.78 is 0. The van der Waals surface area contributed by atoms with Crippen LogP contribution >= 0.6 is 0 Å². The Balaban J connectivity index is 1.58. The summed E-state index contributed by atoms with van der Waals surface area (Å²) in [5.74, 6) is 0. The fraction of sp³-hybridized carbons (Fsp3) is 0.375. The van der Waals surface area contributed by atoms with Crippen LogP contribution in [0.15, 0.2) is 54.9 Å². The lowest BCUT2D eigenvalue weighted by molar-refractivity contribution is 0.109. The van der Waals surface area contributed by atoms with Gasteiger partial charge in [-0.2, -0.15) is 0 Å². The zero-order valence-electron chi connectivity index (χ0n) is 17.0. The molecule has 28 heavy (non-hydrogen) atoms. The molecule has 3 aromatic heterocycles. The first-order valence-corrected chi connectivity index (χ1v) is 10.1. The van der Waals surface area contributed by atoms with Crippen molar-refractivity contribution in [2.45, 2.75) is 51.6 Å². The number of pyridine rings is 3. The Morgan fingerprint density at radius 3 is 2.43 bits per heavy atom. The van der Waals surface area contributed by atoms with Crippen LogP contribution in [0.5, 0.6) is 0 Å². The Bertz CT molecular complexity index is 953. The van der Waals surface area contributed by atoms with Gasteiger partial charge in [0.2, 0.25) is 0 Å². The number of rotatable bonds is 4. The number of aryl methyl sites for hydroxylation is 2. The number of aromatic nitrogens is 3. The van der Waals surface area contributed by atoms with Crippen molar-refractivity contribution in [3.8, 4) is 0 Å². The van der Waals surface area contributed by atoms with E-state index in [1.54, 1.807) is 0 Å². The summed E-state index contributed by atoms with van der Waals surface area (Å²) >= 11 is 0. The number of likely N-dealkylation sites (tertiary alicyclic amines) is 1. The van der Waals surface area contributed by atoms with Gasteiger partial charge < -0.3 is 0 Å². The second-order valence-electron chi connectivity index (χ2n) is 7.83. The van der Waals surface area contributed by atoms with E-state index in [9.17, 15) is 0 Å². The van der Waals surface area contributed by atoms with Crippen LogP contribution in [0.25, 0.3) is 0 Å². The molecule has 0 saturated carbocycles. The monoisotopic (exact) mass is 372 g/mol. The van der Waals surface area contributed by atoms with E-state index in [1.165, 1.54) is 23.2 Å². The molecular formula is C24H28N4. The normalized spacial score (nSPS) is 20.2. The third-order valence-corrected chi connectivity index (χ3v) is 5.94. The van der Waals surface area contributed by atoms with Crippen LogP contribution in [-0.4, -0.2) is 26.9 Å². The number of hydrogen-bond acceptors (Lipinski definition) is 4. The topological polar surface area (TPSA) is 41.9 Å². The predicted octanol–water partition coefficient (Wildman–Crippen LogP) is 4.98. The molecule has 144 valence electrons. The molecule has 0 spiro atoms. The Morgan fingerprint density at radius 1 is 0.893 bits per heavy atom. The first-order chi connectivity index (χ1) is 13.6. The zero-order chi connectivity index (χ0) is 19.5. The van der Waals surface area contributed by atoms with Gasteiger partial charge in [0.25, 0.3) is 0 Å². The summed E-state index contributed by atoms with van der Waals surface area (Å²) in [6.07, 6.45) is 8.03. The number of piperidine rings is 1. The molecule has 4 nitrogen and oxygen atoms in total. The van der Waals surface area contributed by atoms with Crippen molar-refractivity contribution in [3.63, 3.8) is 0 Å². The lowest BCUT2D eigenvalue weighted by atomic mass is 9.90. The minimum absolute atomic E-state index is 0.324. The molecule has 2 atom stereocenters. The smallest absolute Gasteiger partial charge is 0.0604 e. The summed E-state index contributed by atoms with van der Waals surface area (Å²) in [5.41, 5.74) is 7.04. The van der Waals surface area contributed by atoms with Gasteiger partial charge >= 0.3 is 0 Å². The van der Waals surface area contributed by atoms with Gasteiger partial charge in [-0.1, -0.05) is 18.2 Å². The van der Waals surface area contributed by atoms with Gasteiger partial charge in [-0.3, -0.25) is 19.9 Å². The van der Waals surface area contributed by atoms with E-state index in [0.29, 0.717) is 12.1 Å². The Hall–Kier alpha value is -2.59. The molecule has 0 aromatic carbocycles. The first kappa shape index (κ1) is 18.8. The molecule has 4 heteroatoms. The SMILES string of the molecule is Cc1cccnc1Cc1cccc([C@H]2CCC[C@@H](c3ncccc3C)N2C)n1. The molecule has 3 aromatic rings. The number of nitrogens with zero attached hydrogens (tertiary/aromatic N) is 4. The molecule has 1 fully saturated rings. The van der Waals surface area contributed by atoms with E-state index < -0.39 is 0 Å². The molecule has 4 heterocycles. The molecule has 0 bridgehead atoms. The summed E-state index contributed by atoms with van der Waals surface area (Å²) in [5, 5.41) is 0. The molecular weight excluding hydrogens is 344 g/mol. The van der Waals surface area contributed by atoms with Crippen molar-refractivity contribution in [1.82, 2.24) is 19.9 Å². The fourth-order valence-corrected chi connectivity index (χ4v) is 4.32. The Kier molecular flexibility index (Phi) is 5.49. The lowest BCUT2D eigenvalue weighted by Crippen LogP contribution is -2.34. The van der Waals surface area contributed by atoms with E-state index >= 15 is 0 Å². The third-order valence-electron chi connectivity index (χ3n) is 5.94. The zero-order valence-corrected chi connectivity index (χ0v) is 17.0. The predicted molar refractivity (Wildman–Crippen MR) is 112 cm³/mol. The molecule has 0 amide bonds. The van der Waals surface area contributed by atoms with Crippen LogP contribution in [0.1, 0.15) is 65.2 Å². The summed E-state index contributed by atoms with van der Waals surface area (Å²) in [7, 11) is 2.22. The summed E-state index contributed by atoms with van der Waals surface area (Å²) in [6.45, 7) is 4.27. The Labute approximate surface area is 167 Å². The van der Waals surface area contributed by atoms with Gasteiger partial charge in [0.1, 0.15) is 0 Å². The van der Waals surface area contributed by atoms with Crippen LogP contribution in [0, 0.1) is 13.8 Å². The van der Waals surface area contributed by atoms with Crippen molar-refractivity contribution >= 4 is 0 Å². The molecule has 0 aliphatic carbocycles. The summed E-state index contributed by atoms with van der Waals surface area (Å²) in [6, 6.07) is 15.4. The molecule has 4 rings (SSSR count). The first-order valence-electron chi connectivity index (χ1n) is 10.1. The van der Waals surface area contributed by atoms with Crippen molar-refractivity contribution in [3.05, 3.63) is 88.8 Å². The molecule has 1 saturated heterocycles. The number of hydrogen-bond donors (Lipinski definition) is 0. The average Bonchev–Trinajstić information content (AvgIpc) is 2.71. The van der Waals surface area contributed by atoms with Crippen molar-refractivity contribution in [1.29, 1.82) is 0 Å². The van der Waals surface area contributed by atoms with Crippen molar-refractivity contribution in [2.24, 2.45) is 0 Å². The molecule has 1 aliphatic heterocycles. The minimum Gasteiger partial charge on any atom is -0.289 e. The van der Waals surface area contributed by atoms with Gasteiger partial charge in [0.05, 0.1) is 23.5 Å². The highest BCUT2D eigenvalue weighted by Crippen LogP contribution is 2.39. The van der Waals surface area contributed by atoms with Crippen LogP contribution < -0.4 is 0 Å². The van der Waals surface area contributed by atoms with Gasteiger partial charge in [-0.25, -0.2) is 0 Å². The van der Waals surface area contributed by atoms with Gasteiger partial charge in [0.15, 0.2) is 0 Å². The van der Waals surface area contributed by atoms with Crippen molar-refractivity contribution < 1.29 is 0 Å². The maximum Gasteiger partial charge on any atom is 0.0604 e. The molecule has 0 unspecified atom stereocenters. The van der Waals surface area contributed by atoms with E-state index in [4.69, 9.17) is 9.97 Å². The molecule has 0 radical (unpaired) electrons. The highest BCUT2D eigenvalue weighted by Gasteiger charge is 2.31. The lowest BCUT2D eigenvalue weighted by Gasteiger charge is -2.39. The second kappa shape index (κ2) is 8.19. The largest absolute Gasteiger partial charge is 0.289 e. The van der Waals surface area contributed by atoms with E-state index in [-0.39, 0.29) is 0 Å². The molecule has 1 aliphatic rings. The summed E-state index contributed by atoms with van der Waals surface area (Å²) in [4.78, 5) is 16.7. The standard InChI is InChI=1S/C24H28N4/c1-17-8-6-14-25-21(17)16-19-10-4-11-20(27-19)22-12-5-13-23(28(22)3)24-18(2)9-7-15-26-24/h4,6-11,14-15,22-23H,5,12-13,16H2,1-3H3/t22-,23+/m1/s1. The van der Waals surface area contributed by atoms with Crippen LogP contribution in [-0.2, 0) is 6.42 Å². The highest BCUT2D eigenvalue weighted by molar-refractivity contribution is 5.26. The fourth-order valence-electron chi connectivity index (χ4n) is 4.32. The highest BCUT2D eigenvalue weighted by atomic mass is 15.2. The Morgan fingerprint density at radius 2 is 1.64 bits per heavy atom. The van der Waals surface area contributed by atoms with E-state index in [2.05, 4.69) is 61.1 Å². The average molecular weight is 373 g/mol. The van der Waals surface area contributed by atoms with E-state index in [1.807, 2.05) is 24.5 Å². The quantitative estimate of drug-likeness (QED) is 0.648. The maximum atomic E-state index is 5.03. The van der Waals surface area contributed by atoms with Crippen LogP contribution in [0.3, 0.4) is 0 Å².